The van der Waals surface area contributed by atoms with Gasteiger partial charge in [0.15, 0.2) is 0 Å². The minimum atomic E-state index is -0.288. The quantitative estimate of drug-likeness (QED) is 0.673. The van der Waals surface area contributed by atoms with Crippen molar-refractivity contribution >= 4 is 28.5 Å². The Balaban J connectivity index is 1.29. The fraction of sp³-hybridized carbons (Fsp3) is 0.318. The number of nitrogens with zero attached hydrogens (tertiary/aromatic N) is 3. The zero-order chi connectivity index (χ0) is 19.5. The number of anilines is 1. The van der Waals surface area contributed by atoms with E-state index < -0.39 is 0 Å². The highest BCUT2D eigenvalue weighted by Crippen LogP contribution is 2.24. The molecule has 6 heteroatoms. The van der Waals surface area contributed by atoms with Gasteiger partial charge >= 0.3 is 0 Å². The monoisotopic (exact) mass is 376 g/mol. The Kier molecular flexibility index (Phi) is 5.10. The molecule has 1 saturated heterocycles. The van der Waals surface area contributed by atoms with E-state index in [2.05, 4.69) is 20.9 Å². The van der Waals surface area contributed by atoms with Crippen LogP contribution in [-0.2, 0) is 16.1 Å². The largest absolute Gasteiger partial charge is 0.356 e. The summed E-state index contributed by atoms with van der Waals surface area (Å²) in [5.41, 5.74) is 2.96. The normalized spacial score (nSPS) is 16.7. The Morgan fingerprint density at radius 3 is 2.71 bits per heavy atom. The smallest absolute Gasteiger partial charge is 0.227 e. The van der Waals surface area contributed by atoms with Gasteiger partial charge < -0.3 is 14.8 Å². The Hall–Kier alpha value is -3.15. The second-order valence-electron chi connectivity index (χ2n) is 7.18. The molecule has 1 aliphatic heterocycles. The number of benzene rings is 2. The van der Waals surface area contributed by atoms with E-state index in [0.29, 0.717) is 13.1 Å². The first-order chi connectivity index (χ1) is 13.6. The lowest BCUT2D eigenvalue weighted by atomic mass is 10.1. The highest BCUT2D eigenvalue weighted by Gasteiger charge is 2.34. The lowest BCUT2D eigenvalue weighted by Gasteiger charge is -2.16. The summed E-state index contributed by atoms with van der Waals surface area (Å²) in [7, 11) is 0. The molecule has 144 valence electrons. The highest BCUT2D eigenvalue weighted by molar-refractivity contribution is 6.00. The Bertz CT molecular complexity index is 996. The van der Waals surface area contributed by atoms with Crippen LogP contribution in [0.1, 0.15) is 18.7 Å². The predicted octanol–water partition coefficient (Wildman–Crippen LogP) is 2.90. The molecule has 2 amide bonds. The van der Waals surface area contributed by atoms with Crippen LogP contribution in [0.25, 0.3) is 11.0 Å². The van der Waals surface area contributed by atoms with E-state index >= 15 is 0 Å². The molecule has 1 N–H and O–H groups in total. The molecule has 6 nitrogen and oxygen atoms in total. The van der Waals surface area contributed by atoms with Crippen LogP contribution in [0.5, 0.6) is 0 Å². The first-order valence-electron chi connectivity index (χ1n) is 9.68. The molecule has 2 heterocycles. The summed E-state index contributed by atoms with van der Waals surface area (Å²) in [6, 6.07) is 17.6. The molecule has 0 aliphatic carbocycles. The third kappa shape index (κ3) is 3.63. The number of carbonyl (C=O) groups excluding carboxylic acids is 2. The standard InChI is InChI=1S/C22H24N4O2/c1-16-24-19-10-5-6-11-20(19)25(16)13-7-12-23-22(28)17-14-21(27)26(15-17)18-8-3-2-4-9-18/h2-6,8-11,17H,7,12-15H2,1H3,(H,23,28). The van der Waals surface area contributed by atoms with Gasteiger partial charge in [-0.1, -0.05) is 30.3 Å². The number of imidazole rings is 1. The first kappa shape index (κ1) is 18.2. The molecule has 0 spiro atoms. The molecule has 2 aromatic carbocycles. The summed E-state index contributed by atoms with van der Waals surface area (Å²) in [6.07, 6.45) is 1.09. The van der Waals surface area contributed by atoms with Crippen LogP contribution in [0.4, 0.5) is 5.69 Å². The van der Waals surface area contributed by atoms with E-state index in [1.54, 1.807) is 4.90 Å². The molecule has 0 radical (unpaired) electrons. The maximum absolute atomic E-state index is 12.5. The van der Waals surface area contributed by atoms with Crippen molar-refractivity contribution in [2.75, 3.05) is 18.0 Å². The molecule has 1 unspecified atom stereocenters. The lowest BCUT2D eigenvalue weighted by molar-refractivity contribution is -0.126. The van der Waals surface area contributed by atoms with Crippen molar-refractivity contribution in [2.45, 2.75) is 26.3 Å². The van der Waals surface area contributed by atoms with E-state index in [-0.39, 0.29) is 24.2 Å². The molecule has 4 rings (SSSR count). The molecular weight excluding hydrogens is 352 g/mol. The van der Waals surface area contributed by atoms with E-state index in [9.17, 15) is 9.59 Å². The first-order valence-corrected chi connectivity index (χ1v) is 9.68. The summed E-state index contributed by atoms with van der Waals surface area (Å²) in [6.45, 7) is 3.83. The van der Waals surface area contributed by atoms with Crippen molar-refractivity contribution in [1.82, 2.24) is 14.9 Å². The van der Waals surface area contributed by atoms with Crippen molar-refractivity contribution in [3.8, 4) is 0 Å². The molecule has 1 fully saturated rings. The second-order valence-corrected chi connectivity index (χ2v) is 7.18. The Morgan fingerprint density at radius 2 is 1.89 bits per heavy atom. The fourth-order valence-electron chi connectivity index (χ4n) is 3.81. The van der Waals surface area contributed by atoms with Crippen LogP contribution in [-0.4, -0.2) is 34.5 Å². The van der Waals surface area contributed by atoms with Gasteiger partial charge in [-0.05, 0) is 37.6 Å². The number of hydrogen-bond acceptors (Lipinski definition) is 3. The lowest BCUT2D eigenvalue weighted by Crippen LogP contribution is -2.33. The maximum Gasteiger partial charge on any atom is 0.227 e. The van der Waals surface area contributed by atoms with E-state index in [4.69, 9.17) is 0 Å². The van der Waals surface area contributed by atoms with Crippen LogP contribution in [0, 0.1) is 12.8 Å². The van der Waals surface area contributed by atoms with Gasteiger partial charge in [-0.2, -0.15) is 0 Å². The van der Waals surface area contributed by atoms with Crippen molar-refractivity contribution in [3.05, 3.63) is 60.4 Å². The number of carbonyl (C=O) groups is 2. The number of aromatic nitrogens is 2. The highest BCUT2D eigenvalue weighted by atomic mass is 16.2. The summed E-state index contributed by atoms with van der Waals surface area (Å²) < 4.78 is 2.18. The molecule has 1 atom stereocenters. The van der Waals surface area contributed by atoms with Gasteiger partial charge in [0.2, 0.25) is 11.8 Å². The summed E-state index contributed by atoms with van der Waals surface area (Å²) in [5, 5.41) is 3.00. The minimum Gasteiger partial charge on any atom is -0.356 e. The molecule has 1 aromatic heterocycles. The molecular formula is C22H24N4O2. The molecule has 1 aliphatic rings. The fourth-order valence-corrected chi connectivity index (χ4v) is 3.81. The number of para-hydroxylation sites is 3. The maximum atomic E-state index is 12.5. The number of amides is 2. The van der Waals surface area contributed by atoms with Crippen LogP contribution < -0.4 is 10.2 Å². The van der Waals surface area contributed by atoms with Gasteiger partial charge in [0, 0.05) is 31.7 Å². The zero-order valence-electron chi connectivity index (χ0n) is 16.0. The number of nitrogens with one attached hydrogen (secondary N) is 1. The van der Waals surface area contributed by atoms with Gasteiger partial charge in [0.05, 0.1) is 17.0 Å². The van der Waals surface area contributed by atoms with Crippen LogP contribution >= 0.6 is 0 Å². The Labute approximate surface area is 164 Å². The van der Waals surface area contributed by atoms with Crippen LogP contribution in [0.2, 0.25) is 0 Å². The molecule has 0 saturated carbocycles. The van der Waals surface area contributed by atoms with Gasteiger partial charge in [0.25, 0.3) is 0 Å². The number of fused-ring (bicyclic) bond motifs is 1. The average molecular weight is 376 g/mol. The van der Waals surface area contributed by atoms with E-state index in [1.807, 2.05) is 55.5 Å². The van der Waals surface area contributed by atoms with Gasteiger partial charge in [-0.3, -0.25) is 9.59 Å². The van der Waals surface area contributed by atoms with Crippen LogP contribution in [0.15, 0.2) is 54.6 Å². The van der Waals surface area contributed by atoms with E-state index in [1.165, 1.54) is 0 Å². The van der Waals surface area contributed by atoms with Gasteiger partial charge in [0.1, 0.15) is 5.82 Å². The van der Waals surface area contributed by atoms with Crippen molar-refractivity contribution in [2.24, 2.45) is 5.92 Å². The molecule has 28 heavy (non-hydrogen) atoms. The van der Waals surface area contributed by atoms with Gasteiger partial charge in [-0.25, -0.2) is 4.98 Å². The number of rotatable bonds is 6. The Morgan fingerprint density at radius 1 is 1.14 bits per heavy atom. The minimum absolute atomic E-state index is 0.00635. The van der Waals surface area contributed by atoms with E-state index in [0.717, 1.165) is 35.5 Å². The third-order valence-electron chi connectivity index (χ3n) is 5.27. The topological polar surface area (TPSA) is 67.2 Å². The molecule has 0 bridgehead atoms. The number of aryl methyl sites for hydroxylation is 2. The van der Waals surface area contributed by atoms with Crippen LogP contribution in [0.3, 0.4) is 0 Å². The van der Waals surface area contributed by atoms with Crippen molar-refractivity contribution < 1.29 is 9.59 Å². The van der Waals surface area contributed by atoms with Gasteiger partial charge in [-0.15, -0.1) is 0 Å². The second kappa shape index (κ2) is 7.84. The van der Waals surface area contributed by atoms with Crippen molar-refractivity contribution in [3.63, 3.8) is 0 Å². The molecule has 3 aromatic rings. The summed E-state index contributed by atoms with van der Waals surface area (Å²) >= 11 is 0. The number of hydrogen-bond donors (Lipinski definition) is 1. The summed E-state index contributed by atoms with van der Waals surface area (Å²) in [5.74, 6) is 0.654. The predicted molar refractivity (Wildman–Crippen MR) is 109 cm³/mol. The SMILES string of the molecule is Cc1nc2ccccc2n1CCCNC(=O)C1CC(=O)N(c2ccccc2)C1. The average Bonchev–Trinajstić information content (AvgIpc) is 3.25. The summed E-state index contributed by atoms with van der Waals surface area (Å²) in [4.78, 5) is 31.0. The zero-order valence-corrected chi connectivity index (χ0v) is 16.0. The third-order valence-corrected chi connectivity index (χ3v) is 5.27. The van der Waals surface area contributed by atoms with Crippen molar-refractivity contribution in [1.29, 1.82) is 0 Å².